The molecular weight excluding hydrogens is 184 g/mol. The quantitative estimate of drug-likeness (QED) is 0.738. The average Bonchev–Trinajstić information content (AvgIpc) is 2.48. The number of nitrogens with zero attached hydrogens (tertiary/aromatic N) is 3. The SMILES string of the molecule is CCc1nnc2n1NC(C)C(C)S2. The van der Waals surface area contributed by atoms with E-state index in [1.165, 1.54) is 0 Å². The number of thioether (sulfide) groups is 1. The zero-order valence-corrected chi connectivity index (χ0v) is 8.93. The first-order valence-corrected chi connectivity index (χ1v) is 5.47. The van der Waals surface area contributed by atoms with Crippen LogP contribution in [-0.4, -0.2) is 26.2 Å². The Morgan fingerprint density at radius 2 is 2.23 bits per heavy atom. The first-order chi connectivity index (χ1) is 6.22. The summed E-state index contributed by atoms with van der Waals surface area (Å²) >= 11 is 1.78. The molecule has 0 bridgehead atoms. The largest absolute Gasteiger partial charge is 0.318 e. The molecule has 5 heteroatoms. The molecule has 1 aromatic heterocycles. The Balaban J connectivity index is 2.33. The van der Waals surface area contributed by atoms with Crippen molar-refractivity contribution in [1.29, 1.82) is 0 Å². The minimum absolute atomic E-state index is 0.471. The molecule has 0 amide bonds. The molecule has 0 fully saturated rings. The monoisotopic (exact) mass is 198 g/mol. The zero-order valence-electron chi connectivity index (χ0n) is 8.11. The van der Waals surface area contributed by atoms with Crippen LogP contribution in [0.2, 0.25) is 0 Å². The predicted molar refractivity (Wildman–Crippen MR) is 53.5 cm³/mol. The van der Waals surface area contributed by atoms with Crippen LogP contribution in [0.4, 0.5) is 0 Å². The van der Waals surface area contributed by atoms with Crippen LogP contribution in [0.1, 0.15) is 26.6 Å². The Hall–Kier alpha value is -0.710. The molecule has 1 aliphatic heterocycles. The van der Waals surface area contributed by atoms with E-state index in [0.29, 0.717) is 11.3 Å². The van der Waals surface area contributed by atoms with Crippen molar-refractivity contribution in [1.82, 2.24) is 14.9 Å². The van der Waals surface area contributed by atoms with Gasteiger partial charge in [-0.25, -0.2) is 4.68 Å². The lowest BCUT2D eigenvalue weighted by molar-refractivity contribution is 0.598. The van der Waals surface area contributed by atoms with Crippen molar-refractivity contribution in [2.45, 2.75) is 43.6 Å². The zero-order chi connectivity index (χ0) is 9.42. The molecular formula is C8H14N4S. The van der Waals surface area contributed by atoms with Crippen molar-refractivity contribution in [2.24, 2.45) is 0 Å². The standard InChI is InChI=1S/C8H14N4S/c1-4-7-9-10-8-12(7)11-5(2)6(3)13-8/h5-6,11H,4H2,1-3H3. The topological polar surface area (TPSA) is 42.7 Å². The van der Waals surface area contributed by atoms with E-state index >= 15 is 0 Å². The number of hydrogen-bond donors (Lipinski definition) is 1. The van der Waals surface area contributed by atoms with Crippen LogP contribution >= 0.6 is 11.8 Å². The summed E-state index contributed by atoms with van der Waals surface area (Å²) in [6, 6.07) is 0.471. The van der Waals surface area contributed by atoms with Gasteiger partial charge in [0.15, 0.2) is 5.82 Å². The van der Waals surface area contributed by atoms with E-state index in [1.54, 1.807) is 11.8 Å². The molecule has 1 aliphatic rings. The maximum atomic E-state index is 4.13. The van der Waals surface area contributed by atoms with Gasteiger partial charge < -0.3 is 5.43 Å². The van der Waals surface area contributed by atoms with Crippen molar-refractivity contribution >= 4 is 11.8 Å². The average molecular weight is 198 g/mol. The molecule has 2 rings (SSSR count). The molecule has 0 spiro atoms. The minimum Gasteiger partial charge on any atom is -0.318 e. The summed E-state index contributed by atoms with van der Waals surface area (Å²) in [6.45, 7) is 6.47. The van der Waals surface area contributed by atoms with Crippen molar-refractivity contribution in [3.63, 3.8) is 0 Å². The Morgan fingerprint density at radius 3 is 2.92 bits per heavy atom. The van der Waals surface area contributed by atoms with Crippen molar-refractivity contribution in [2.75, 3.05) is 5.43 Å². The number of fused-ring (bicyclic) bond motifs is 1. The first kappa shape index (κ1) is 8.87. The fourth-order valence-corrected chi connectivity index (χ4v) is 2.26. The highest BCUT2D eigenvalue weighted by Gasteiger charge is 2.25. The highest BCUT2D eigenvalue weighted by atomic mass is 32.2. The van der Waals surface area contributed by atoms with E-state index in [0.717, 1.165) is 17.4 Å². The maximum Gasteiger partial charge on any atom is 0.210 e. The summed E-state index contributed by atoms with van der Waals surface area (Å²) in [5, 5.41) is 9.79. The second-order valence-electron chi connectivity index (χ2n) is 3.33. The molecule has 0 saturated carbocycles. The van der Waals surface area contributed by atoms with Crippen LogP contribution in [0.25, 0.3) is 0 Å². The number of nitrogens with one attached hydrogen (secondary N) is 1. The lowest BCUT2D eigenvalue weighted by Crippen LogP contribution is -2.37. The third kappa shape index (κ3) is 1.41. The highest BCUT2D eigenvalue weighted by Crippen LogP contribution is 2.28. The van der Waals surface area contributed by atoms with Crippen molar-refractivity contribution in [3.05, 3.63) is 5.82 Å². The van der Waals surface area contributed by atoms with Gasteiger partial charge in [0.05, 0.1) is 6.04 Å². The molecule has 1 N–H and O–H groups in total. The van der Waals surface area contributed by atoms with Gasteiger partial charge in [-0.15, -0.1) is 10.2 Å². The second kappa shape index (κ2) is 3.21. The second-order valence-corrected chi connectivity index (χ2v) is 4.67. The summed E-state index contributed by atoms with van der Waals surface area (Å²) in [6.07, 6.45) is 0.918. The van der Waals surface area contributed by atoms with Gasteiger partial charge in [0.1, 0.15) is 0 Å². The molecule has 4 nitrogen and oxygen atoms in total. The summed E-state index contributed by atoms with van der Waals surface area (Å²) in [7, 11) is 0. The van der Waals surface area contributed by atoms with Crippen LogP contribution in [-0.2, 0) is 6.42 Å². The van der Waals surface area contributed by atoms with E-state index in [-0.39, 0.29) is 0 Å². The van der Waals surface area contributed by atoms with Crippen LogP contribution in [0, 0.1) is 0 Å². The van der Waals surface area contributed by atoms with E-state index in [1.807, 2.05) is 4.68 Å². The Bertz CT molecular complexity index is 309. The molecule has 0 saturated heterocycles. The third-order valence-corrected chi connectivity index (χ3v) is 3.60. The minimum atomic E-state index is 0.471. The Morgan fingerprint density at radius 1 is 1.46 bits per heavy atom. The van der Waals surface area contributed by atoms with E-state index in [9.17, 15) is 0 Å². The van der Waals surface area contributed by atoms with Gasteiger partial charge in [0.2, 0.25) is 5.16 Å². The Labute approximate surface area is 82.1 Å². The van der Waals surface area contributed by atoms with Crippen LogP contribution in [0.15, 0.2) is 5.16 Å². The molecule has 72 valence electrons. The van der Waals surface area contributed by atoms with Gasteiger partial charge in [0.25, 0.3) is 0 Å². The van der Waals surface area contributed by atoms with Crippen molar-refractivity contribution in [3.8, 4) is 0 Å². The third-order valence-electron chi connectivity index (χ3n) is 2.34. The van der Waals surface area contributed by atoms with E-state index in [2.05, 4.69) is 36.4 Å². The lowest BCUT2D eigenvalue weighted by atomic mass is 10.3. The molecule has 2 atom stereocenters. The van der Waals surface area contributed by atoms with Gasteiger partial charge in [-0.1, -0.05) is 25.6 Å². The molecule has 0 radical (unpaired) electrons. The molecule has 0 aliphatic carbocycles. The fourth-order valence-electron chi connectivity index (χ4n) is 1.31. The number of hydrogen-bond acceptors (Lipinski definition) is 4. The normalized spacial score (nSPS) is 26.7. The summed E-state index contributed by atoms with van der Waals surface area (Å²) in [5.41, 5.74) is 3.38. The molecule has 2 unspecified atom stereocenters. The number of aromatic nitrogens is 3. The van der Waals surface area contributed by atoms with Gasteiger partial charge in [-0.2, -0.15) is 0 Å². The number of rotatable bonds is 1. The van der Waals surface area contributed by atoms with Gasteiger partial charge >= 0.3 is 0 Å². The summed E-state index contributed by atoms with van der Waals surface area (Å²) in [4.78, 5) is 0. The maximum absolute atomic E-state index is 4.13. The van der Waals surface area contributed by atoms with Crippen LogP contribution in [0.3, 0.4) is 0 Å². The van der Waals surface area contributed by atoms with Gasteiger partial charge in [0, 0.05) is 11.7 Å². The van der Waals surface area contributed by atoms with E-state index in [4.69, 9.17) is 0 Å². The summed E-state index contributed by atoms with van der Waals surface area (Å²) < 4.78 is 2.01. The molecule has 1 aromatic rings. The van der Waals surface area contributed by atoms with Crippen LogP contribution in [0.5, 0.6) is 0 Å². The fraction of sp³-hybridized carbons (Fsp3) is 0.750. The lowest BCUT2D eigenvalue weighted by Gasteiger charge is -2.28. The number of aryl methyl sites for hydroxylation is 1. The van der Waals surface area contributed by atoms with E-state index < -0.39 is 0 Å². The van der Waals surface area contributed by atoms with Crippen molar-refractivity contribution < 1.29 is 0 Å². The highest BCUT2D eigenvalue weighted by molar-refractivity contribution is 7.99. The molecule has 2 heterocycles. The Kier molecular flexibility index (Phi) is 2.19. The van der Waals surface area contributed by atoms with Crippen LogP contribution < -0.4 is 5.43 Å². The predicted octanol–water partition coefficient (Wildman–Crippen LogP) is 1.27. The summed E-state index contributed by atoms with van der Waals surface area (Å²) in [5.74, 6) is 1.02. The van der Waals surface area contributed by atoms with Gasteiger partial charge in [-0.3, -0.25) is 0 Å². The first-order valence-electron chi connectivity index (χ1n) is 4.60. The van der Waals surface area contributed by atoms with Gasteiger partial charge in [-0.05, 0) is 6.92 Å². The smallest absolute Gasteiger partial charge is 0.210 e. The molecule has 0 aromatic carbocycles. The molecule has 13 heavy (non-hydrogen) atoms.